The van der Waals surface area contributed by atoms with Crippen LogP contribution in [0, 0.1) is 0 Å². The van der Waals surface area contributed by atoms with Crippen LogP contribution in [0.15, 0.2) is 48.5 Å². The molecule has 31 heavy (non-hydrogen) atoms. The summed E-state index contributed by atoms with van der Waals surface area (Å²) in [4.78, 5) is 59.4. The zero-order valence-electron chi connectivity index (χ0n) is 16.5. The van der Waals surface area contributed by atoms with E-state index >= 15 is 0 Å². The fraction of sp³-hybridized carbons (Fsp3) is 0.190. The number of carbonyl (C=O) groups excluding carboxylic acids is 5. The second-order valence-electron chi connectivity index (χ2n) is 6.49. The van der Waals surface area contributed by atoms with E-state index in [-0.39, 0.29) is 35.8 Å². The molecule has 10 heteroatoms. The van der Waals surface area contributed by atoms with E-state index in [1.807, 2.05) is 0 Å². The first-order valence-corrected chi connectivity index (χ1v) is 9.25. The Bertz CT molecular complexity index is 1020. The van der Waals surface area contributed by atoms with E-state index in [0.29, 0.717) is 11.4 Å². The van der Waals surface area contributed by atoms with E-state index in [1.54, 1.807) is 12.1 Å². The van der Waals surface area contributed by atoms with Crippen LogP contribution < -0.4 is 20.5 Å². The summed E-state index contributed by atoms with van der Waals surface area (Å²) >= 11 is 0. The first kappa shape index (κ1) is 21.5. The molecule has 1 heterocycles. The summed E-state index contributed by atoms with van der Waals surface area (Å²) in [6.07, 6.45) is 0.225. The lowest BCUT2D eigenvalue weighted by Gasteiger charge is -2.27. The Labute approximate surface area is 177 Å². The number of imide groups is 1. The van der Waals surface area contributed by atoms with E-state index in [2.05, 4.69) is 10.7 Å². The molecular weight excluding hydrogens is 406 g/mol. The molecule has 0 radical (unpaired) electrons. The molecule has 160 valence electrons. The van der Waals surface area contributed by atoms with E-state index in [0.717, 1.165) is 5.01 Å². The lowest BCUT2D eigenvalue weighted by Crippen LogP contribution is -2.50. The Morgan fingerprint density at radius 3 is 2.26 bits per heavy atom. The van der Waals surface area contributed by atoms with E-state index in [9.17, 15) is 24.0 Å². The summed E-state index contributed by atoms with van der Waals surface area (Å²) in [6, 6.07) is 11.9. The standard InChI is InChI=1S/C21H19N3O7/c1-30-16-8-4-13(5-9-16)20(28)22-18(26)12-31-21(29)14-2-6-15(7-3-14)24-19(27)11-10-17(25)23-24/h2-9H,10-12H2,1H3,(H,23,25)(H,22,26,28). The number of benzene rings is 2. The maximum Gasteiger partial charge on any atom is 0.338 e. The first-order chi connectivity index (χ1) is 14.9. The SMILES string of the molecule is COc1ccc(C(=O)NC(=O)COC(=O)c2ccc(N3NC(=O)CCC3=O)cc2)cc1. The van der Waals surface area contributed by atoms with Crippen LogP contribution in [0.5, 0.6) is 5.75 Å². The summed E-state index contributed by atoms with van der Waals surface area (Å²) in [5.74, 6) is -2.19. The van der Waals surface area contributed by atoms with Crippen LogP contribution in [-0.4, -0.2) is 43.3 Å². The van der Waals surface area contributed by atoms with Crippen molar-refractivity contribution in [3.05, 3.63) is 59.7 Å². The highest BCUT2D eigenvalue weighted by Crippen LogP contribution is 2.18. The molecule has 0 bridgehead atoms. The van der Waals surface area contributed by atoms with Gasteiger partial charge in [0.1, 0.15) is 5.75 Å². The van der Waals surface area contributed by atoms with Crippen molar-refractivity contribution in [2.45, 2.75) is 12.8 Å². The van der Waals surface area contributed by atoms with Gasteiger partial charge in [-0.3, -0.25) is 29.9 Å². The van der Waals surface area contributed by atoms with Crippen LogP contribution >= 0.6 is 0 Å². The maximum atomic E-state index is 12.1. The normalized spacial score (nSPS) is 13.3. The minimum atomic E-state index is -0.785. The topological polar surface area (TPSA) is 131 Å². The molecule has 0 aliphatic carbocycles. The number of nitrogens with zero attached hydrogens (tertiary/aromatic N) is 1. The number of hydrogen-bond donors (Lipinski definition) is 2. The Morgan fingerprint density at radius 1 is 0.968 bits per heavy atom. The van der Waals surface area contributed by atoms with Gasteiger partial charge in [-0.25, -0.2) is 9.80 Å². The number of anilines is 1. The third-order valence-electron chi connectivity index (χ3n) is 4.35. The zero-order chi connectivity index (χ0) is 22.4. The summed E-state index contributed by atoms with van der Waals surface area (Å²) in [7, 11) is 1.49. The molecule has 0 atom stereocenters. The average Bonchev–Trinajstić information content (AvgIpc) is 2.79. The number of amides is 4. The molecule has 0 spiro atoms. The van der Waals surface area contributed by atoms with Gasteiger partial charge in [-0.05, 0) is 48.5 Å². The third kappa shape index (κ3) is 5.44. The van der Waals surface area contributed by atoms with Gasteiger partial charge in [0.2, 0.25) is 11.8 Å². The van der Waals surface area contributed by atoms with Crippen molar-refractivity contribution in [3.63, 3.8) is 0 Å². The number of hydrogen-bond acceptors (Lipinski definition) is 7. The molecule has 1 aliphatic rings. The smallest absolute Gasteiger partial charge is 0.338 e. The molecule has 10 nitrogen and oxygen atoms in total. The minimum absolute atomic E-state index is 0.0972. The molecule has 1 saturated heterocycles. The molecular formula is C21H19N3O7. The lowest BCUT2D eigenvalue weighted by atomic mass is 10.2. The zero-order valence-corrected chi connectivity index (χ0v) is 16.5. The third-order valence-corrected chi connectivity index (χ3v) is 4.35. The van der Waals surface area contributed by atoms with E-state index < -0.39 is 24.4 Å². The van der Waals surface area contributed by atoms with Gasteiger partial charge in [-0.15, -0.1) is 0 Å². The van der Waals surface area contributed by atoms with Crippen molar-refractivity contribution in [1.82, 2.24) is 10.7 Å². The lowest BCUT2D eigenvalue weighted by molar-refractivity contribution is -0.130. The van der Waals surface area contributed by atoms with Gasteiger partial charge in [0.15, 0.2) is 6.61 Å². The monoisotopic (exact) mass is 425 g/mol. The Morgan fingerprint density at radius 2 is 1.61 bits per heavy atom. The predicted molar refractivity (Wildman–Crippen MR) is 107 cm³/mol. The Balaban J connectivity index is 1.51. The molecule has 2 aromatic carbocycles. The van der Waals surface area contributed by atoms with Gasteiger partial charge in [-0.2, -0.15) is 0 Å². The Hall–Kier alpha value is -4.21. The molecule has 2 N–H and O–H groups in total. The summed E-state index contributed by atoms with van der Waals surface area (Å²) in [5.41, 5.74) is 3.21. The number of ether oxygens (including phenoxy) is 2. The highest BCUT2D eigenvalue weighted by molar-refractivity contribution is 6.05. The van der Waals surface area contributed by atoms with E-state index in [4.69, 9.17) is 9.47 Å². The Kier molecular flexibility index (Phi) is 6.61. The fourth-order valence-corrected chi connectivity index (χ4v) is 2.72. The number of hydrazine groups is 1. The van der Waals surface area contributed by atoms with Crippen molar-refractivity contribution < 1.29 is 33.4 Å². The van der Waals surface area contributed by atoms with Crippen LogP contribution in [0.4, 0.5) is 5.69 Å². The van der Waals surface area contributed by atoms with Gasteiger partial charge >= 0.3 is 5.97 Å². The van der Waals surface area contributed by atoms with Crippen molar-refractivity contribution >= 4 is 35.3 Å². The second kappa shape index (κ2) is 9.53. The molecule has 1 aliphatic heterocycles. The second-order valence-corrected chi connectivity index (χ2v) is 6.49. The molecule has 0 unspecified atom stereocenters. The number of methoxy groups -OCH3 is 1. The predicted octanol–water partition coefficient (Wildman–Crippen LogP) is 0.967. The van der Waals surface area contributed by atoms with Gasteiger partial charge < -0.3 is 9.47 Å². The van der Waals surface area contributed by atoms with Crippen molar-refractivity contribution in [2.24, 2.45) is 0 Å². The van der Waals surface area contributed by atoms with Crippen LogP contribution in [0.25, 0.3) is 0 Å². The number of esters is 1. The van der Waals surface area contributed by atoms with Gasteiger partial charge in [-0.1, -0.05) is 0 Å². The van der Waals surface area contributed by atoms with Crippen LogP contribution in [0.2, 0.25) is 0 Å². The number of rotatable bonds is 6. The fourth-order valence-electron chi connectivity index (χ4n) is 2.72. The molecule has 0 saturated carbocycles. The van der Waals surface area contributed by atoms with Gasteiger partial charge in [0, 0.05) is 18.4 Å². The van der Waals surface area contributed by atoms with Crippen molar-refractivity contribution in [3.8, 4) is 5.75 Å². The van der Waals surface area contributed by atoms with Crippen molar-refractivity contribution in [2.75, 3.05) is 18.7 Å². The van der Waals surface area contributed by atoms with Crippen LogP contribution in [0.1, 0.15) is 33.6 Å². The number of carbonyl (C=O) groups is 5. The average molecular weight is 425 g/mol. The first-order valence-electron chi connectivity index (χ1n) is 9.25. The summed E-state index contributed by atoms with van der Waals surface area (Å²) in [5, 5.41) is 3.23. The highest BCUT2D eigenvalue weighted by atomic mass is 16.5. The molecule has 1 fully saturated rings. The number of nitrogens with one attached hydrogen (secondary N) is 2. The quantitative estimate of drug-likeness (QED) is 0.659. The van der Waals surface area contributed by atoms with Crippen molar-refractivity contribution in [1.29, 1.82) is 0 Å². The molecule has 2 aromatic rings. The molecule has 3 rings (SSSR count). The van der Waals surface area contributed by atoms with Gasteiger partial charge in [0.25, 0.3) is 11.8 Å². The van der Waals surface area contributed by atoms with Crippen LogP contribution in [-0.2, 0) is 19.1 Å². The molecule has 0 aromatic heterocycles. The van der Waals surface area contributed by atoms with Crippen LogP contribution in [0.3, 0.4) is 0 Å². The summed E-state index contributed by atoms with van der Waals surface area (Å²) in [6.45, 7) is -0.650. The highest BCUT2D eigenvalue weighted by Gasteiger charge is 2.24. The largest absolute Gasteiger partial charge is 0.497 e. The maximum absolute atomic E-state index is 12.1. The minimum Gasteiger partial charge on any atom is -0.497 e. The molecule has 4 amide bonds. The van der Waals surface area contributed by atoms with E-state index in [1.165, 1.54) is 43.5 Å². The summed E-state index contributed by atoms with van der Waals surface area (Å²) < 4.78 is 9.91. The van der Waals surface area contributed by atoms with Gasteiger partial charge in [0.05, 0.1) is 18.4 Å².